The maximum absolute atomic E-state index is 13.6. The second-order valence-electron chi connectivity index (χ2n) is 10.9. The van der Waals surface area contributed by atoms with Crippen molar-refractivity contribution >= 4 is 40.9 Å². The van der Waals surface area contributed by atoms with Gasteiger partial charge in [0.05, 0.1) is 0 Å². The molecule has 1 heterocycles. The fraction of sp³-hybridized carbons (Fsp3) is 0.467. The van der Waals surface area contributed by atoms with E-state index in [2.05, 4.69) is 16.0 Å². The molecule has 0 spiro atoms. The number of rotatable bonds is 11. The average Bonchev–Trinajstić information content (AvgIpc) is 2.92. The Morgan fingerprint density at radius 3 is 2.45 bits per heavy atom. The van der Waals surface area contributed by atoms with Gasteiger partial charge in [0, 0.05) is 42.1 Å². The van der Waals surface area contributed by atoms with Gasteiger partial charge in [-0.1, -0.05) is 42.8 Å². The summed E-state index contributed by atoms with van der Waals surface area (Å²) < 4.78 is 0. The number of hydrogen-bond donors (Lipinski definition) is 4. The minimum absolute atomic E-state index is 0.0213. The number of anilines is 1. The van der Waals surface area contributed by atoms with Crippen molar-refractivity contribution in [2.75, 3.05) is 11.9 Å². The Balaban J connectivity index is 1.75. The Bertz CT molecular complexity index is 1250. The number of benzene rings is 2. The minimum atomic E-state index is -0.898. The van der Waals surface area contributed by atoms with E-state index in [9.17, 15) is 19.2 Å². The molecule has 1 aliphatic rings. The van der Waals surface area contributed by atoms with Gasteiger partial charge >= 0.3 is 0 Å². The second kappa shape index (κ2) is 13.8. The highest BCUT2D eigenvalue weighted by Crippen LogP contribution is 2.25. The molecule has 40 heavy (non-hydrogen) atoms. The molecule has 0 aromatic heterocycles. The fourth-order valence-corrected chi connectivity index (χ4v) is 4.68. The van der Waals surface area contributed by atoms with Gasteiger partial charge in [-0.05, 0) is 75.0 Å². The van der Waals surface area contributed by atoms with E-state index in [-0.39, 0.29) is 49.7 Å². The number of carbonyl (C=O) groups is 4. The van der Waals surface area contributed by atoms with Crippen molar-refractivity contribution in [3.05, 3.63) is 64.2 Å². The molecule has 0 fully saturated rings. The van der Waals surface area contributed by atoms with Crippen LogP contribution < -0.4 is 21.7 Å². The maximum Gasteiger partial charge on any atom is 0.246 e. The molecule has 0 unspecified atom stereocenters. The van der Waals surface area contributed by atoms with E-state index in [0.29, 0.717) is 17.1 Å². The van der Waals surface area contributed by atoms with Crippen LogP contribution in [0.25, 0.3) is 0 Å². The van der Waals surface area contributed by atoms with Gasteiger partial charge in [0.2, 0.25) is 23.6 Å². The topological polar surface area (TPSA) is 134 Å². The highest BCUT2D eigenvalue weighted by atomic mass is 35.5. The number of halogens is 1. The molecule has 2 aromatic carbocycles. The largest absolute Gasteiger partial charge is 0.351 e. The van der Waals surface area contributed by atoms with Crippen molar-refractivity contribution in [3.63, 3.8) is 0 Å². The quantitative estimate of drug-likeness (QED) is 0.329. The van der Waals surface area contributed by atoms with Gasteiger partial charge in [0.15, 0.2) is 0 Å². The van der Waals surface area contributed by atoms with Crippen LogP contribution in [0.3, 0.4) is 0 Å². The van der Waals surface area contributed by atoms with Gasteiger partial charge in [-0.2, -0.15) is 0 Å². The third-order valence-corrected chi connectivity index (χ3v) is 7.74. The molecule has 2 aromatic rings. The lowest BCUT2D eigenvalue weighted by atomic mass is 9.92. The Kier molecular flexibility index (Phi) is 10.7. The van der Waals surface area contributed by atoms with E-state index in [1.54, 1.807) is 18.2 Å². The zero-order valence-electron chi connectivity index (χ0n) is 23.7. The fourth-order valence-electron chi connectivity index (χ4n) is 4.57. The van der Waals surface area contributed by atoms with Crippen LogP contribution in [0.4, 0.5) is 5.69 Å². The first kappa shape index (κ1) is 31.1. The average molecular weight is 570 g/mol. The molecule has 0 saturated carbocycles. The van der Waals surface area contributed by atoms with Crippen molar-refractivity contribution in [2.45, 2.75) is 84.0 Å². The molecule has 5 N–H and O–H groups in total. The van der Waals surface area contributed by atoms with Crippen LogP contribution >= 0.6 is 11.6 Å². The van der Waals surface area contributed by atoms with Gasteiger partial charge in [-0.25, -0.2) is 0 Å². The monoisotopic (exact) mass is 569 g/mol. The summed E-state index contributed by atoms with van der Waals surface area (Å²) in [7, 11) is 0. The van der Waals surface area contributed by atoms with Crippen molar-refractivity contribution in [2.24, 2.45) is 5.73 Å². The summed E-state index contributed by atoms with van der Waals surface area (Å²) in [5.74, 6) is -1.36. The number of nitrogens with zero attached hydrogens (tertiary/aromatic N) is 1. The number of carbonyl (C=O) groups excluding carboxylic acids is 4. The lowest BCUT2D eigenvalue weighted by Gasteiger charge is -2.37. The lowest BCUT2D eigenvalue weighted by molar-refractivity contribution is -0.143. The molecule has 2 atom stereocenters. The number of aryl methyl sites for hydroxylation is 1. The van der Waals surface area contributed by atoms with Gasteiger partial charge in [-0.3, -0.25) is 19.2 Å². The normalized spacial score (nSPS) is 15.6. The molecule has 4 amide bonds. The highest BCUT2D eigenvalue weighted by molar-refractivity contribution is 6.31. The maximum atomic E-state index is 13.6. The van der Waals surface area contributed by atoms with E-state index in [0.717, 1.165) is 23.1 Å². The zero-order chi connectivity index (χ0) is 29.4. The van der Waals surface area contributed by atoms with Crippen LogP contribution in [-0.2, 0) is 32.1 Å². The summed E-state index contributed by atoms with van der Waals surface area (Å²) in [6, 6.07) is 11.0. The molecule has 0 saturated heterocycles. The molecule has 1 aliphatic heterocycles. The van der Waals surface area contributed by atoms with Crippen molar-refractivity contribution in [3.8, 4) is 0 Å². The molecule has 10 heteroatoms. The molecule has 0 radical (unpaired) electrons. The second-order valence-corrected chi connectivity index (χ2v) is 11.3. The summed E-state index contributed by atoms with van der Waals surface area (Å²) >= 11 is 6.09. The van der Waals surface area contributed by atoms with Crippen molar-refractivity contribution in [1.82, 2.24) is 15.5 Å². The smallest absolute Gasteiger partial charge is 0.246 e. The third kappa shape index (κ3) is 8.29. The first-order chi connectivity index (χ1) is 18.9. The molecular weight excluding hydrogens is 530 g/mol. The van der Waals surface area contributed by atoms with Crippen LogP contribution in [0.2, 0.25) is 5.02 Å². The summed E-state index contributed by atoms with van der Waals surface area (Å²) in [4.78, 5) is 54.1. The summed E-state index contributed by atoms with van der Waals surface area (Å²) in [5, 5.41) is 9.16. The molecule has 216 valence electrons. The van der Waals surface area contributed by atoms with Crippen LogP contribution in [0.15, 0.2) is 42.5 Å². The zero-order valence-corrected chi connectivity index (χ0v) is 24.4. The Morgan fingerprint density at radius 2 is 1.80 bits per heavy atom. The van der Waals surface area contributed by atoms with E-state index >= 15 is 0 Å². The SMILES string of the molecule is CCC(C)(C)NC(=O)CCC(=O)N1Cc2ccccc2C[C@H]1C(=O)N[C@@H](CCN)C(=O)Nc1ccc(Cl)c(C)c1. The Hall–Kier alpha value is -3.43. The van der Waals surface area contributed by atoms with E-state index < -0.39 is 23.9 Å². The Labute approximate surface area is 241 Å². The van der Waals surface area contributed by atoms with Crippen LogP contribution in [-0.4, -0.2) is 52.7 Å². The van der Waals surface area contributed by atoms with Gasteiger partial charge in [0.1, 0.15) is 12.1 Å². The van der Waals surface area contributed by atoms with Crippen LogP contribution in [0, 0.1) is 6.92 Å². The third-order valence-electron chi connectivity index (χ3n) is 7.31. The van der Waals surface area contributed by atoms with Gasteiger partial charge in [0.25, 0.3) is 0 Å². The van der Waals surface area contributed by atoms with Crippen LogP contribution in [0.5, 0.6) is 0 Å². The summed E-state index contributed by atoms with van der Waals surface area (Å²) in [6.45, 7) is 8.09. The van der Waals surface area contributed by atoms with Gasteiger partial charge < -0.3 is 26.6 Å². The minimum Gasteiger partial charge on any atom is -0.351 e. The number of amides is 4. The van der Waals surface area contributed by atoms with Crippen LogP contribution in [0.1, 0.15) is 63.1 Å². The Morgan fingerprint density at radius 1 is 1.10 bits per heavy atom. The number of hydrogen-bond acceptors (Lipinski definition) is 5. The standard InChI is InChI=1S/C30H40ClN5O4/c1-5-30(3,4)35-26(37)12-13-27(38)36-18-21-9-7-6-8-20(21)17-25(36)29(40)34-24(14-15-32)28(39)33-22-10-11-23(31)19(2)16-22/h6-11,16,24-25H,5,12-15,17-18,32H2,1-4H3,(H,33,39)(H,34,40)(H,35,37)/t24-,25-/m0/s1. The van der Waals surface area contributed by atoms with Crippen molar-refractivity contribution in [1.29, 1.82) is 0 Å². The molecule has 3 rings (SSSR count). The first-order valence-corrected chi connectivity index (χ1v) is 14.1. The van der Waals surface area contributed by atoms with Crippen molar-refractivity contribution < 1.29 is 19.2 Å². The van der Waals surface area contributed by atoms with E-state index in [1.807, 2.05) is 52.0 Å². The molecule has 9 nitrogen and oxygen atoms in total. The van der Waals surface area contributed by atoms with Gasteiger partial charge in [-0.15, -0.1) is 0 Å². The predicted octanol–water partition coefficient (Wildman–Crippen LogP) is 3.46. The lowest BCUT2D eigenvalue weighted by Crippen LogP contribution is -2.56. The predicted molar refractivity (Wildman–Crippen MR) is 157 cm³/mol. The summed E-state index contributed by atoms with van der Waals surface area (Å²) in [6.07, 6.45) is 1.27. The highest BCUT2D eigenvalue weighted by Gasteiger charge is 2.36. The van der Waals surface area contributed by atoms with E-state index in [1.165, 1.54) is 4.90 Å². The van der Waals surface area contributed by atoms with E-state index in [4.69, 9.17) is 17.3 Å². The molecule has 0 aliphatic carbocycles. The summed E-state index contributed by atoms with van der Waals surface area (Å²) in [5.41, 5.74) is 8.67. The molecule has 0 bridgehead atoms. The first-order valence-electron chi connectivity index (χ1n) is 13.7. The molecular formula is C30H40ClN5O4. The number of nitrogens with one attached hydrogen (secondary N) is 3. The number of nitrogens with two attached hydrogens (primary N) is 1. The number of fused-ring (bicyclic) bond motifs is 1.